The zero-order valence-corrected chi connectivity index (χ0v) is 8.89. The number of rotatable bonds is 1. The predicted molar refractivity (Wildman–Crippen MR) is 62.9 cm³/mol. The zero-order valence-electron chi connectivity index (χ0n) is 8.89. The van der Waals surface area contributed by atoms with Crippen LogP contribution in [0.4, 0.5) is 11.4 Å². The summed E-state index contributed by atoms with van der Waals surface area (Å²) in [6.45, 7) is 1.89. The SMILES string of the molecule is Nc1ccccc1N1CCCC(O)CC1. The largest absolute Gasteiger partial charge is 0.397 e. The Morgan fingerprint density at radius 1 is 1.20 bits per heavy atom. The lowest BCUT2D eigenvalue weighted by atomic mass is 10.2. The lowest BCUT2D eigenvalue weighted by Gasteiger charge is -2.24. The van der Waals surface area contributed by atoms with Gasteiger partial charge in [0.2, 0.25) is 0 Å². The summed E-state index contributed by atoms with van der Waals surface area (Å²) in [5.74, 6) is 0. The normalized spacial score (nSPS) is 22.5. The highest BCUT2D eigenvalue weighted by atomic mass is 16.3. The number of aliphatic hydroxyl groups excluding tert-OH is 1. The van der Waals surface area contributed by atoms with E-state index < -0.39 is 0 Å². The van der Waals surface area contributed by atoms with Crippen molar-refractivity contribution in [3.8, 4) is 0 Å². The van der Waals surface area contributed by atoms with E-state index in [2.05, 4.69) is 4.90 Å². The molecule has 1 unspecified atom stereocenters. The smallest absolute Gasteiger partial charge is 0.0599 e. The van der Waals surface area contributed by atoms with Gasteiger partial charge in [0.1, 0.15) is 0 Å². The van der Waals surface area contributed by atoms with Gasteiger partial charge < -0.3 is 15.7 Å². The zero-order chi connectivity index (χ0) is 10.7. The summed E-state index contributed by atoms with van der Waals surface area (Å²) in [4.78, 5) is 2.27. The van der Waals surface area contributed by atoms with Gasteiger partial charge in [0.05, 0.1) is 17.5 Å². The molecule has 15 heavy (non-hydrogen) atoms. The van der Waals surface area contributed by atoms with E-state index in [1.807, 2.05) is 24.3 Å². The fourth-order valence-electron chi connectivity index (χ4n) is 2.10. The molecule has 1 aromatic rings. The molecular weight excluding hydrogens is 188 g/mol. The standard InChI is InChI=1S/C12H18N2O/c13-11-5-1-2-6-12(11)14-8-3-4-10(15)7-9-14/h1-2,5-6,10,15H,3-4,7-9,13H2. The summed E-state index contributed by atoms with van der Waals surface area (Å²) < 4.78 is 0. The van der Waals surface area contributed by atoms with E-state index in [-0.39, 0.29) is 6.10 Å². The molecule has 0 aromatic heterocycles. The van der Waals surface area contributed by atoms with Gasteiger partial charge in [-0.15, -0.1) is 0 Å². The average Bonchev–Trinajstić information content (AvgIpc) is 2.44. The molecule has 1 aromatic carbocycles. The maximum absolute atomic E-state index is 9.57. The van der Waals surface area contributed by atoms with Gasteiger partial charge in [0, 0.05) is 13.1 Å². The third-order valence-corrected chi connectivity index (χ3v) is 2.98. The van der Waals surface area contributed by atoms with Crippen LogP contribution in [0.15, 0.2) is 24.3 Å². The third kappa shape index (κ3) is 2.42. The number of nitrogens with two attached hydrogens (primary N) is 1. The topological polar surface area (TPSA) is 49.5 Å². The fraction of sp³-hybridized carbons (Fsp3) is 0.500. The highest BCUT2D eigenvalue weighted by molar-refractivity contribution is 5.67. The molecule has 3 nitrogen and oxygen atoms in total. The summed E-state index contributed by atoms with van der Waals surface area (Å²) in [6.07, 6.45) is 2.65. The Morgan fingerprint density at radius 2 is 2.00 bits per heavy atom. The number of nitrogen functional groups attached to an aromatic ring is 1. The summed E-state index contributed by atoms with van der Waals surface area (Å²) in [6, 6.07) is 7.93. The highest BCUT2D eigenvalue weighted by Gasteiger charge is 2.16. The van der Waals surface area contributed by atoms with Crippen LogP contribution in [0.25, 0.3) is 0 Å². The Balaban J connectivity index is 2.13. The minimum atomic E-state index is -0.139. The first-order chi connectivity index (χ1) is 7.27. The molecule has 1 heterocycles. The molecule has 1 aliphatic heterocycles. The van der Waals surface area contributed by atoms with Gasteiger partial charge in [-0.1, -0.05) is 12.1 Å². The maximum atomic E-state index is 9.57. The van der Waals surface area contributed by atoms with Crippen molar-refractivity contribution < 1.29 is 5.11 Å². The molecule has 82 valence electrons. The molecule has 0 spiro atoms. The Hall–Kier alpha value is -1.22. The predicted octanol–water partition coefficient (Wildman–Crippen LogP) is 1.62. The first kappa shape index (κ1) is 10.3. The Morgan fingerprint density at radius 3 is 2.80 bits per heavy atom. The van der Waals surface area contributed by atoms with E-state index in [9.17, 15) is 5.11 Å². The second kappa shape index (κ2) is 4.53. The van der Waals surface area contributed by atoms with Crippen LogP contribution in [-0.4, -0.2) is 24.3 Å². The molecule has 0 bridgehead atoms. The first-order valence-corrected chi connectivity index (χ1v) is 5.55. The highest BCUT2D eigenvalue weighted by Crippen LogP contribution is 2.25. The van der Waals surface area contributed by atoms with Crippen LogP contribution in [0.5, 0.6) is 0 Å². The van der Waals surface area contributed by atoms with Gasteiger partial charge in [-0.3, -0.25) is 0 Å². The van der Waals surface area contributed by atoms with Crippen LogP contribution in [0.2, 0.25) is 0 Å². The quantitative estimate of drug-likeness (QED) is 0.686. The van der Waals surface area contributed by atoms with Crippen LogP contribution < -0.4 is 10.6 Å². The number of hydrogen-bond acceptors (Lipinski definition) is 3. The van der Waals surface area contributed by atoms with E-state index in [0.29, 0.717) is 0 Å². The van der Waals surface area contributed by atoms with E-state index in [1.54, 1.807) is 0 Å². The number of anilines is 2. The lowest BCUT2D eigenvalue weighted by molar-refractivity contribution is 0.161. The Kier molecular flexibility index (Phi) is 3.11. The molecule has 0 aliphatic carbocycles. The van der Waals surface area contributed by atoms with Crippen molar-refractivity contribution in [3.63, 3.8) is 0 Å². The van der Waals surface area contributed by atoms with E-state index in [4.69, 9.17) is 5.73 Å². The summed E-state index contributed by atoms with van der Waals surface area (Å²) in [5, 5.41) is 9.57. The summed E-state index contributed by atoms with van der Waals surface area (Å²) in [7, 11) is 0. The van der Waals surface area contributed by atoms with Gasteiger partial charge in [0.15, 0.2) is 0 Å². The van der Waals surface area contributed by atoms with Crippen molar-refractivity contribution >= 4 is 11.4 Å². The Labute approximate surface area is 90.5 Å². The lowest BCUT2D eigenvalue weighted by Crippen LogP contribution is -2.25. The molecule has 0 radical (unpaired) electrons. The van der Waals surface area contributed by atoms with Crippen molar-refractivity contribution in [2.24, 2.45) is 0 Å². The number of para-hydroxylation sites is 2. The summed E-state index contributed by atoms with van der Waals surface area (Å²) >= 11 is 0. The molecule has 0 saturated carbocycles. The summed E-state index contributed by atoms with van der Waals surface area (Å²) in [5.41, 5.74) is 7.86. The van der Waals surface area contributed by atoms with Crippen LogP contribution in [0.1, 0.15) is 19.3 Å². The Bertz CT molecular complexity index is 327. The molecule has 1 saturated heterocycles. The first-order valence-electron chi connectivity index (χ1n) is 5.55. The molecule has 1 fully saturated rings. The average molecular weight is 206 g/mol. The second-order valence-electron chi connectivity index (χ2n) is 4.13. The minimum Gasteiger partial charge on any atom is -0.397 e. The maximum Gasteiger partial charge on any atom is 0.0599 e. The molecule has 1 aliphatic rings. The fourth-order valence-corrected chi connectivity index (χ4v) is 2.10. The van der Waals surface area contributed by atoms with Crippen molar-refractivity contribution in [2.45, 2.75) is 25.4 Å². The molecule has 1 atom stereocenters. The van der Waals surface area contributed by atoms with Gasteiger partial charge in [0.25, 0.3) is 0 Å². The number of benzene rings is 1. The van der Waals surface area contributed by atoms with Crippen LogP contribution in [0.3, 0.4) is 0 Å². The molecular formula is C12H18N2O. The number of aliphatic hydroxyl groups is 1. The minimum absolute atomic E-state index is 0.139. The van der Waals surface area contributed by atoms with Gasteiger partial charge in [-0.2, -0.15) is 0 Å². The van der Waals surface area contributed by atoms with Gasteiger partial charge >= 0.3 is 0 Å². The molecule has 0 amide bonds. The van der Waals surface area contributed by atoms with Crippen LogP contribution in [0, 0.1) is 0 Å². The van der Waals surface area contributed by atoms with Crippen molar-refractivity contribution in [1.29, 1.82) is 0 Å². The van der Waals surface area contributed by atoms with Crippen molar-refractivity contribution in [2.75, 3.05) is 23.7 Å². The van der Waals surface area contributed by atoms with Crippen LogP contribution >= 0.6 is 0 Å². The van der Waals surface area contributed by atoms with Crippen molar-refractivity contribution in [1.82, 2.24) is 0 Å². The van der Waals surface area contributed by atoms with E-state index in [1.165, 1.54) is 0 Å². The molecule has 2 rings (SSSR count). The number of nitrogens with zero attached hydrogens (tertiary/aromatic N) is 1. The van der Waals surface area contributed by atoms with Crippen molar-refractivity contribution in [3.05, 3.63) is 24.3 Å². The molecule has 3 N–H and O–H groups in total. The van der Waals surface area contributed by atoms with E-state index in [0.717, 1.165) is 43.7 Å². The number of hydrogen-bond donors (Lipinski definition) is 2. The second-order valence-corrected chi connectivity index (χ2v) is 4.13. The third-order valence-electron chi connectivity index (χ3n) is 2.98. The molecule has 3 heteroatoms. The van der Waals surface area contributed by atoms with Gasteiger partial charge in [-0.05, 0) is 31.4 Å². The van der Waals surface area contributed by atoms with Gasteiger partial charge in [-0.25, -0.2) is 0 Å². The van der Waals surface area contributed by atoms with Crippen LogP contribution in [-0.2, 0) is 0 Å². The van der Waals surface area contributed by atoms with E-state index >= 15 is 0 Å². The monoisotopic (exact) mass is 206 g/mol.